The number of furan rings is 1. The second-order valence-electron chi connectivity index (χ2n) is 4.41. The molecule has 0 aromatic carbocycles. The van der Waals surface area contributed by atoms with Crippen LogP contribution in [0.2, 0.25) is 0 Å². The summed E-state index contributed by atoms with van der Waals surface area (Å²) in [7, 11) is 0. The molecule has 0 aliphatic rings. The first-order valence-electron chi connectivity index (χ1n) is 6.13. The van der Waals surface area contributed by atoms with Crippen molar-refractivity contribution >= 4 is 17.6 Å². The number of carbonyl (C=O) groups excluding carboxylic acids is 2. The highest BCUT2D eigenvalue weighted by Crippen LogP contribution is 2.06. The van der Waals surface area contributed by atoms with Gasteiger partial charge in [-0.1, -0.05) is 0 Å². The lowest BCUT2D eigenvalue weighted by molar-refractivity contribution is -0.117. The predicted molar refractivity (Wildman–Crippen MR) is 73.2 cm³/mol. The van der Waals surface area contributed by atoms with Crippen LogP contribution in [0.4, 0.5) is 5.82 Å². The summed E-state index contributed by atoms with van der Waals surface area (Å²) in [5, 5.41) is 5.22. The summed E-state index contributed by atoms with van der Waals surface area (Å²) < 4.78 is 4.82. The van der Waals surface area contributed by atoms with E-state index in [9.17, 15) is 9.59 Å². The van der Waals surface area contributed by atoms with Gasteiger partial charge in [-0.25, -0.2) is 4.98 Å². The Labute approximate surface area is 116 Å². The molecule has 0 bridgehead atoms. The summed E-state index contributed by atoms with van der Waals surface area (Å²) >= 11 is 0. The van der Waals surface area contributed by atoms with Gasteiger partial charge in [0.05, 0.1) is 11.8 Å². The summed E-state index contributed by atoms with van der Waals surface area (Å²) in [5.74, 6) is -0.238. The summed E-state index contributed by atoms with van der Waals surface area (Å²) in [4.78, 5) is 27.7. The average molecular weight is 273 g/mol. The molecule has 6 nitrogen and oxygen atoms in total. The zero-order valence-corrected chi connectivity index (χ0v) is 11.2. The quantitative estimate of drug-likeness (QED) is 0.888. The summed E-state index contributed by atoms with van der Waals surface area (Å²) in [5.41, 5.74) is 1.36. The maximum atomic E-state index is 11.9. The fraction of sp³-hybridized carbons (Fsp3) is 0.214. The monoisotopic (exact) mass is 273 g/mol. The van der Waals surface area contributed by atoms with Gasteiger partial charge in [-0.3, -0.25) is 9.59 Å². The van der Waals surface area contributed by atoms with Crippen molar-refractivity contribution < 1.29 is 14.0 Å². The molecule has 0 spiro atoms. The molecule has 2 aromatic rings. The number of carbonyl (C=O) groups is 2. The maximum absolute atomic E-state index is 11.9. The van der Waals surface area contributed by atoms with Gasteiger partial charge in [-0.15, -0.1) is 0 Å². The van der Waals surface area contributed by atoms with Crippen molar-refractivity contribution in [1.82, 2.24) is 10.3 Å². The highest BCUT2D eigenvalue weighted by molar-refractivity contribution is 6.00. The van der Waals surface area contributed by atoms with Crippen molar-refractivity contribution in [3.05, 3.63) is 48.0 Å². The van der Waals surface area contributed by atoms with Crippen molar-refractivity contribution in [3.8, 4) is 0 Å². The molecule has 0 saturated carbocycles. The molecule has 2 N–H and O–H groups in total. The Hall–Kier alpha value is -2.63. The van der Waals surface area contributed by atoms with Crippen LogP contribution in [0.15, 0.2) is 41.3 Å². The highest BCUT2D eigenvalue weighted by Gasteiger charge is 2.17. The molecule has 2 amide bonds. The van der Waals surface area contributed by atoms with E-state index in [1.54, 1.807) is 19.2 Å². The van der Waals surface area contributed by atoms with Crippen LogP contribution in [0, 0.1) is 6.92 Å². The van der Waals surface area contributed by atoms with E-state index in [1.807, 2.05) is 13.0 Å². The molecule has 1 unspecified atom stereocenters. The molecular formula is C14H15N3O3. The van der Waals surface area contributed by atoms with E-state index in [0.29, 0.717) is 11.4 Å². The fourth-order valence-electron chi connectivity index (χ4n) is 1.58. The number of hydrogen-bond acceptors (Lipinski definition) is 4. The van der Waals surface area contributed by atoms with E-state index in [1.165, 1.54) is 18.6 Å². The third-order valence-electron chi connectivity index (χ3n) is 2.69. The molecule has 2 rings (SSSR count). The molecule has 104 valence electrons. The molecule has 0 aliphatic carbocycles. The van der Waals surface area contributed by atoms with Gasteiger partial charge in [0, 0.05) is 6.20 Å². The van der Waals surface area contributed by atoms with Crippen LogP contribution in [0.1, 0.15) is 22.8 Å². The number of rotatable bonds is 4. The molecule has 6 heteroatoms. The zero-order valence-electron chi connectivity index (χ0n) is 11.2. The highest BCUT2D eigenvalue weighted by atomic mass is 16.3. The number of amides is 2. The van der Waals surface area contributed by atoms with Crippen molar-refractivity contribution in [2.24, 2.45) is 0 Å². The Balaban J connectivity index is 1.94. The van der Waals surface area contributed by atoms with E-state index in [2.05, 4.69) is 15.6 Å². The largest absolute Gasteiger partial charge is 0.472 e. The van der Waals surface area contributed by atoms with Crippen LogP contribution in [0.3, 0.4) is 0 Å². The first-order chi connectivity index (χ1) is 9.56. The second kappa shape index (κ2) is 6.01. The molecule has 20 heavy (non-hydrogen) atoms. The summed E-state index contributed by atoms with van der Waals surface area (Å²) in [6.45, 7) is 3.50. The lowest BCUT2D eigenvalue weighted by Gasteiger charge is -2.13. The zero-order chi connectivity index (χ0) is 14.5. The summed E-state index contributed by atoms with van der Waals surface area (Å²) in [6, 6.07) is 4.43. The normalized spacial score (nSPS) is 11.7. The molecule has 2 heterocycles. The van der Waals surface area contributed by atoms with Crippen LogP contribution in [-0.4, -0.2) is 22.8 Å². The van der Waals surface area contributed by atoms with Crippen molar-refractivity contribution in [3.63, 3.8) is 0 Å². The molecule has 0 fully saturated rings. The number of pyridine rings is 1. The Morgan fingerprint density at radius 3 is 2.80 bits per heavy atom. The van der Waals surface area contributed by atoms with E-state index in [-0.39, 0.29) is 11.8 Å². The number of aromatic nitrogens is 1. The van der Waals surface area contributed by atoms with Crippen LogP contribution in [0.5, 0.6) is 0 Å². The van der Waals surface area contributed by atoms with E-state index >= 15 is 0 Å². The fourth-order valence-corrected chi connectivity index (χ4v) is 1.58. The van der Waals surface area contributed by atoms with E-state index in [0.717, 1.165) is 5.56 Å². The molecule has 2 aromatic heterocycles. The van der Waals surface area contributed by atoms with Gasteiger partial charge >= 0.3 is 0 Å². The van der Waals surface area contributed by atoms with Gasteiger partial charge in [0.15, 0.2) is 0 Å². The first-order valence-corrected chi connectivity index (χ1v) is 6.13. The smallest absolute Gasteiger partial charge is 0.255 e. The molecule has 0 radical (unpaired) electrons. The van der Waals surface area contributed by atoms with Crippen molar-refractivity contribution in [2.75, 3.05) is 5.32 Å². The lowest BCUT2D eigenvalue weighted by Crippen LogP contribution is -2.41. The lowest BCUT2D eigenvalue weighted by atomic mass is 10.2. The van der Waals surface area contributed by atoms with Crippen LogP contribution < -0.4 is 10.6 Å². The third kappa shape index (κ3) is 3.44. The van der Waals surface area contributed by atoms with Gasteiger partial charge < -0.3 is 15.1 Å². The van der Waals surface area contributed by atoms with Crippen molar-refractivity contribution in [1.29, 1.82) is 0 Å². The summed E-state index contributed by atoms with van der Waals surface area (Å²) in [6.07, 6.45) is 4.33. The minimum Gasteiger partial charge on any atom is -0.472 e. The SMILES string of the molecule is Cc1ccnc(NC(=O)C(C)NC(=O)c2ccoc2)c1. The second-order valence-corrected chi connectivity index (χ2v) is 4.41. The van der Waals surface area contributed by atoms with Gasteiger partial charge in [0.25, 0.3) is 5.91 Å². The third-order valence-corrected chi connectivity index (χ3v) is 2.69. The standard InChI is InChI=1S/C14H15N3O3/c1-9-3-5-15-12(7-9)17-13(18)10(2)16-14(19)11-4-6-20-8-11/h3-8,10H,1-2H3,(H,16,19)(H,15,17,18). The van der Waals surface area contributed by atoms with Crippen molar-refractivity contribution in [2.45, 2.75) is 19.9 Å². The number of anilines is 1. The van der Waals surface area contributed by atoms with Crippen LogP contribution >= 0.6 is 0 Å². The van der Waals surface area contributed by atoms with Gasteiger partial charge in [-0.2, -0.15) is 0 Å². The maximum Gasteiger partial charge on any atom is 0.255 e. The Morgan fingerprint density at radius 1 is 1.35 bits per heavy atom. The van der Waals surface area contributed by atoms with E-state index in [4.69, 9.17) is 4.42 Å². The molecule has 0 aliphatic heterocycles. The number of nitrogens with zero attached hydrogens (tertiary/aromatic N) is 1. The van der Waals surface area contributed by atoms with Crippen LogP contribution in [0.25, 0.3) is 0 Å². The number of nitrogens with one attached hydrogen (secondary N) is 2. The Bertz CT molecular complexity index is 608. The van der Waals surface area contributed by atoms with Gasteiger partial charge in [0.1, 0.15) is 18.1 Å². The van der Waals surface area contributed by atoms with Gasteiger partial charge in [0.2, 0.25) is 5.91 Å². The molecular weight excluding hydrogens is 258 g/mol. The topological polar surface area (TPSA) is 84.2 Å². The van der Waals surface area contributed by atoms with E-state index < -0.39 is 6.04 Å². The van der Waals surface area contributed by atoms with Crippen LogP contribution in [-0.2, 0) is 4.79 Å². The Morgan fingerprint density at radius 2 is 2.15 bits per heavy atom. The molecule has 1 atom stereocenters. The number of hydrogen-bond donors (Lipinski definition) is 2. The van der Waals surface area contributed by atoms with Gasteiger partial charge in [-0.05, 0) is 37.6 Å². The number of aryl methyl sites for hydroxylation is 1. The minimum absolute atomic E-state index is 0.333. The minimum atomic E-state index is -0.681. The Kier molecular flexibility index (Phi) is 4.14. The predicted octanol–water partition coefficient (Wildman–Crippen LogP) is 1.74. The average Bonchev–Trinajstić information content (AvgIpc) is 2.92. The molecule has 0 saturated heterocycles. The first kappa shape index (κ1) is 13.8.